The summed E-state index contributed by atoms with van der Waals surface area (Å²) in [6.45, 7) is 1.54. The van der Waals surface area contributed by atoms with E-state index in [0.29, 0.717) is 5.69 Å². The summed E-state index contributed by atoms with van der Waals surface area (Å²) < 4.78 is 72.4. The molecule has 1 aliphatic heterocycles. The van der Waals surface area contributed by atoms with E-state index in [1.54, 1.807) is 6.07 Å². The Kier molecular flexibility index (Phi) is 9.46. The van der Waals surface area contributed by atoms with Crippen LogP contribution in [-0.2, 0) is 14.8 Å². The molecule has 1 fully saturated rings. The van der Waals surface area contributed by atoms with Crippen LogP contribution in [0.1, 0.15) is 42.5 Å². The standard InChI is InChI=1S/C20H23FN2O4S.C2HF3O2/c21-15-7-6-8-17(13-15)28(26,27)22-16-9-10-19(18(14-16)20(24)25)23-11-4-2-1-3-5-12-23;3-2(4,5)1(6)7/h6-10,13-14,22H,1-5,11-12H2,(H,24,25);(H,6,7). The summed E-state index contributed by atoms with van der Waals surface area (Å²) in [5.41, 5.74) is 0.751. The number of carboxylic acid groups (broad SMARTS) is 2. The maximum absolute atomic E-state index is 13.4. The predicted octanol–water partition coefficient (Wildman–Crippen LogP) is 4.73. The van der Waals surface area contributed by atoms with Crippen molar-refractivity contribution < 1.29 is 45.8 Å². The first-order valence-corrected chi connectivity index (χ1v) is 12.0. The molecule has 0 aliphatic carbocycles. The van der Waals surface area contributed by atoms with Crippen LogP contribution >= 0.6 is 0 Å². The van der Waals surface area contributed by atoms with Crippen LogP contribution in [0.5, 0.6) is 0 Å². The van der Waals surface area contributed by atoms with E-state index in [9.17, 15) is 35.9 Å². The first-order chi connectivity index (χ1) is 16.3. The maximum atomic E-state index is 13.4. The SMILES string of the molecule is O=C(O)C(F)(F)F.O=C(O)c1cc(NS(=O)(=O)c2cccc(F)c2)ccc1N1CCCCCCC1. The molecule has 0 unspecified atom stereocenters. The Labute approximate surface area is 199 Å². The number of aliphatic carboxylic acids is 1. The highest BCUT2D eigenvalue weighted by atomic mass is 32.2. The van der Waals surface area contributed by atoms with E-state index in [4.69, 9.17) is 9.90 Å². The fourth-order valence-corrected chi connectivity index (χ4v) is 4.46. The van der Waals surface area contributed by atoms with Crippen LogP contribution in [-0.4, -0.2) is 49.8 Å². The molecular weight excluding hydrogens is 496 g/mol. The van der Waals surface area contributed by atoms with E-state index in [1.807, 2.05) is 4.90 Å². The number of carboxylic acids is 2. The van der Waals surface area contributed by atoms with E-state index in [0.717, 1.165) is 50.9 Å². The number of hydrogen-bond acceptors (Lipinski definition) is 5. The van der Waals surface area contributed by atoms with Gasteiger partial charge >= 0.3 is 18.1 Å². The minimum Gasteiger partial charge on any atom is -0.478 e. The number of anilines is 2. The molecule has 3 N–H and O–H groups in total. The third-order valence-corrected chi connectivity index (χ3v) is 6.40. The van der Waals surface area contributed by atoms with Crippen molar-refractivity contribution >= 4 is 33.3 Å². The number of benzene rings is 2. The monoisotopic (exact) mass is 520 g/mol. The Morgan fingerprint density at radius 2 is 1.49 bits per heavy atom. The normalized spacial score (nSPS) is 14.7. The van der Waals surface area contributed by atoms with Crippen molar-refractivity contribution in [2.45, 2.75) is 43.2 Å². The lowest BCUT2D eigenvalue weighted by Crippen LogP contribution is -2.28. The Balaban J connectivity index is 0.000000540. The van der Waals surface area contributed by atoms with Gasteiger partial charge in [0.15, 0.2) is 0 Å². The third-order valence-electron chi connectivity index (χ3n) is 5.02. The zero-order chi connectivity index (χ0) is 26.2. The lowest BCUT2D eigenvalue weighted by atomic mass is 10.1. The highest BCUT2D eigenvalue weighted by molar-refractivity contribution is 7.92. The lowest BCUT2D eigenvalue weighted by molar-refractivity contribution is -0.192. The molecule has 13 heteroatoms. The quantitative estimate of drug-likeness (QED) is 0.487. The van der Waals surface area contributed by atoms with Gasteiger partial charge in [-0.1, -0.05) is 25.3 Å². The van der Waals surface area contributed by atoms with Crippen molar-refractivity contribution in [1.29, 1.82) is 0 Å². The van der Waals surface area contributed by atoms with Crippen LogP contribution in [0.2, 0.25) is 0 Å². The Hall–Kier alpha value is -3.35. The summed E-state index contributed by atoms with van der Waals surface area (Å²) in [5, 5.41) is 16.8. The summed E-state index contributed by atoms with van der Waals surface area (Å²) in [5.74, 6) is -4.54. The van der Waals surface area contributed by atoms with E-state index in [2.05, 4.69) is 4.72 Å². The molecule has 0 saturated carbocycles. The fraction of sp³-hybridized carbons (Fsp3) is 0.364. The molecule has 0 spiro atoms. The molecule has 2 aromatic carbocycles. The molecule has 2 aromatic rings. The second-order valence-electron chi connectivity index (χ2n) is 7.66. The minimum absolute atomic E-state index is 0.0417. The van der Waals surface area contributed by atoms with Gasteiger partial charge in [-0.15, -0.1) is 0 Å². The number of nitrogens with one attached hydrogen (secondary N) is 1. The molecule has 0 aromatic heterocycles. The molecule has 192 valence electrons. The van der Waals surface area contributed by atoms with E-state index < -0.39 is 34.0 Å². The number of sulfonamides is 1. The Bertz CT molecular complexity index is 1150. The Morgan fingerprint density at radius 3 is 2.00 bits per heavy atom. The first-order valence-electron chi connectivity index (χ1n) is 10.5. The smallest absolute Gasteiger partial charge is 0.478 e. The molecule has 1 saturated heterocycles. The molecule has 1 aliphatic rings. The fourth-order valence-electron chi connectivity index (χ4n) is 3.38. The topological polar surface area (TPSA) is 124 Å². The van der Waals surface area contributed by atoms with E-state index in [-0.39, 0.29) is 16.1 Å². The summed E-state index contributed by atoms with van der Waals surface area (Å²) >= 11 is 0. The van der Waals surface area contributed by atoms with E-state index >= 15 is 0 Å². The largest absolute Gasteiger partial charge is 0.490 e. The number of rotatable bonds is 5. The van der Waals surface area contributed by atoms with Crippen LogP contribution in [0.4, 0.5) is 28.9 Å². The van der Waals surface area contributed by atoms with Gasteiger partial charge in [-0.2, -0.15) is 13.2 Å². The number of aromatic carboxylic acids is 1. The zero-order valence-electron chi connectivity index (χ0n) is 18.4. The number of halogens is 4. The minimum atomic E-state index is -5.08. The first kappa shape index (κ1) is 27.9. The van der Waals surface area contributed by atoms with Crippen molar-refractivity contribution in [3.63, 3.8) is 0 Å². The van der Waals surface area contributed by atoms with Crippen molar-refractivity contribution in [1.82, 2.24) is 0 Å². The van der Waals surface area contributed by atoms with Gasteiger partial charge in [0.25, 0.3) is 10.0 Å². The second kappa shape index (κ2) is 11.9. The molecule has 0 bridgehead atoms. The summed E-state index contributed by atoms with van der Waals surface area (Å²) in [7, 11) is -4.02. The van der Waals surface area contributed by atoms with Gasteiger partial charge in [0.1, 0.15) is 5.82 Å². The number of hydrogen-bond donors (Lipinski definition) is 3. The van der Waals surface area contributed by atoms with Gasteiger partial charge < -0.3 is 15.1 Å². The van der Waals surface area contributed by atoms with Crippen molar-refractivity contribution in [3.8, 4) is 0 Å². The van der Waals surface area contributed by atoms with Crippen LogP contribution in [0, 0.1) is 5.82 Å². The molecular formula is C22H24F4N2O6S. The van der Waals surface area contributed by atoms with Gasteiger partial charge in [0.05, 0.1) is 16.1 Å². The van der Waals surface area contributed by atoms with Crippen molar-refractivity contribution in [2.75, 3.05) is 22.7 Å². The van der Waals surface area contributed by atoms with Crippen LogP contribution in [0.25, 0.3) is 0 Å². The molecule has 0 radical (unpaired) electrons. The van der Waals surface area contributed by atoms with Crippen LogP contribution < -0.4 is 9.62 Å². The molecule has 1 heterocycles. The van der Waals surface area contributed by atoms with Crippen molar-refractivity contribution in [2.24, 2.45) is 0 Å². The average Bonchev–Trinajstić information content (AvgIpc) is 2.73. The maximum Gasteiger partial charge on any atom is 0.490 e. The molecule has 0 amide bonds. The lowest BCUT2D eigenvalue weighted by Gasteiger charge is -2.28. The molecule has 35 heavy (non-hydrogen) atoms. The predicted molar refractivity (Wildman–Crippen MR) is 120 cm³/mol. The highest BCUT2D eigenvalue weighted by Gasteiger charge is 2.38. The van der Waals surface area contributed by atoms with Gasteiger partial charge in [-0.25, -0.2) is 22.4 Å². The molecule has 0 atom stereocenters. The number of alkyl halides is 3. The third kappa shape index (κ3) is 8.42. The summed E-state index contributed by atoms with van der Waals surface area (Å²) in [6, 6.07) is 9.13. The van der Waals surface area contributed by atoms with Gasteiger partial charge in [0, 0.05) is 18.8 Å². The Morgan fingerprint density at radius 1 is 0.914 bits per heavy atom. The van der Waals surface area contributed by atoms with Crippen LogP contribution in [0.3, 0.4) is 0 Å². The summed E-state index contributed by atoms with van der Waals surface area (Å²) in [4.78, 5) is 22.5. The van der Waals surface area contributed by atoms with Crippen molar-refractivity contribution in [3.05, 3.63) is 53.8 Å². The molecule has 8 nitrogen and oxygen atoms in total. The summed E-state index contributed by atoms with van der Waals surface area (Å²) in [6.07, 6.45) is 0.329. The average molecular weight is 521 g/mol. The van der Waals surface area contributed by atoms with Gasteiger partial charge in [-0.3, -0.25) is 4.72 Å². The number of nitrogens with zero attached hydrogens (tertiary/aromatic N) is 1. The van der Waals surface area contributed by atoms with Gasteiger partial charge in [0.2, 0.25) is 0 Å². The number of carbonyl (C=O) groups is 2. The van der Waals surface area contributed by atoms with Gasteiger partial charge in [-0.05, 0) is 49.2 Å². The highest BCUT2D eigenvalue weighted by Crippen LogP contribution is 2.28. The molecule has 3 rings (SSSR count). The zero-order valence-corrected chi connectivity index (χ0v) is 19.2. The van der Waals surface area contributed by atoms with Crippen LogP contribution in [0.15, 0.2) is 47.4 Å². The second-order valence-corrected chi connectivity index (χ2v) is 9.34. The van der Waals surface area contributed by atoms with E-state index in [1.165, 1.54) is 30.7 Å².